The number of carbonyl (C=O) groups excluding carboxylic acids is 3. The predicted molar refractivity (Wildman–Crippen MR) is 174 cm³/mol. The third-order valence-corrected chi connectivity index (χ3v) is 9.96. The fourth-order valence-corrected chi connectivity index (χ4v) is 8.56. The second-order valence-electron chi connectivity index (χ2n) is 13.2. The number of anilines is 2. The average molecular weight is 640 g/mol. The molecule has 0 aromatic heterocycles. The number of nitrogens with one attached hydrogen (secondary N) is 2. The maximum absolute atomic E-state index is 13.4. The molecular weight excluding hydrogens is 598 g/mol. The highest BCUT2D eigenvalue weighted by molar-refractivity contribution is 6.06. The molecular formula is C36H41N5O6. The smallest absolute Gasteiger partial charge is 0.355 e. The molecule has 11 nitrogen and oxygen atoms in total. The van der Waals surface area contributed by atoms with Crippen molar-refractivity contribution in [3.8, 4) is 6.07 Å². The van der Waals surface area contributed by atoms with Crippen molar-refractivity contribution in [2.75, 3.05) is 31.0 Å². The van der Waals surface area contributed by atoms with Crippen LogP contribution in [0.4, 0.5) is 16.2 Å². The highest BCUT2D eigenvalue weighted by Crippen LogP contribution is 2.57. The summed E-state index contributed by atoms with van der Waals surface area (Å²) < 4.78 is 16.8. The summed E-state index contributed by atoms with van der Waals surface area (Å²) in [5.74, 6) is -0.397. The molecule has 11 heteroatoms. The molecule has 2 aromatic rings. The molecule has 2 amide bonds. The predicted octanol–water partition coefficient (Wildman–Crippen LogP) is 5.08. The Bertz CT molecular complexity index is 1630. The molecule has 0 spiro atoms. The van der Waals surface area contributed by atoms with E-state index in [1.165, 1.54) is 38.4 Å². The van der Waals surface area contributed by atoms with Crippen molar-refractivity contribution in [1.29, 1.82) is 5.26 Å². The van der Waals surface area contributed by atoms with Crippen molar-refractivity contribution in [3.63, 3.8) is 0 Å². The maximum Gasteiger partial charge on any atom is 0.355 e. The summed E-state index contributed by atoms with van der Waals surface area (Å²) in [6, 6.07) is 17.1. The largest absolute Gasteiger partial charge is 0.466 e. The monoisotopic (exact) mass is 639 g/mol. The number of hydrogen-bond acceptors (Lipinski definition) is 9. The van der Waals surface area contributed by atoms with Gasteiger partial charge in [0.1, 0.15) is 11.5 Å². The Hall–Kier alpha value is -4.82. The standard InChI is InChI=1S/C36H41N5O6/c1-21(47-36-16-22-12-23(17-36)14-24(13-22)18-36)20-39-35(44)40-26-10-7-11-27(15-26)41-31(34(43)46-3)30(33(42)45-2)29(28(19-37)32(41)38)25-8-5-4-6-9-25/h4-11,15,21-24,29H,12-14,16-18,20,38H2,1-3H3,(H2,39,40,44). The van der Waals surface area contributed by atoms with Crippen molar-refractivity contribution in [3.05, 3.63) is 82.8 Å². The molecule has 1 heterocycles. The molecule has 4 aliphatic carbocycles. The number of amides is 2. The van der Waals surface area contributed by atoms with Crippen molar-refractivity contribution in [1.82, 2.24) is 5.32 Å². The SMILES string of the molecule is COC(=O)C1=C(C(=O)OC)N(c2cccc(NC(=O)NCC(C)OC34CC5CC(CC(C5)C3)C4)c2)C(N)=C(C#N)C1c1ccccc1. The first-order chi connectivity index (χ1) is 22.6. The first-order valence-electron chi connectivity index (χ1n) is 16.1. The minimum absolute atomic E-state index is 0.0494. The van der Waals surface area contributed by atoms with Gasteiger partial charge in [-0.1, -0.05) is 36.4 Å². The molecule has 4 fully saturated rings. The molecule has 4 bridgehead atoms. The summed E-state index contributed by atoms with van der Waals surface area (Å²) in [5, 5.41) is 16.0. The lowest BCUT2D eigenvalue weighted by atomic mass is 9.54. The quantitative estimate of drug-likeness (QED) is 0.319. The number of nitrogens with two attached hydrogens (primary N) is 1. The molecule has 4 saturated carbocycles. The fourth-order valence-electron chi connectivity index (χ4n) is 8.56. The number of nitriles is 1. The van der Waals surface area contributed by atoms with E-state index in [0.717, 1.165) is 37.0 Å². The van der Waals surface area contributed by atoms with Gasteiger partial charge in [-0.15, -0.1) is 0 Å². The van der Waals surface area contributed by atoms with Crippen LogP contribution in [0.1, 0.15) is 56.9 Å². The number of hydrogen-bond donors (Lipinski definition) is 3. The first kappa shape index (κ1) is 32.1. The van der Waals surface area contributed by atoms with Crippen molar-refractivity contribution >= 4 is 29.3 Å². The molecule has 0 saturated heterocycles. The van der Waals surface area contributed by atoms with Gasteiger partial charge >= 0.3 is 18.0 Å². The number of rotatable bonds is 9. The molecule has 2 unspecified atom stereocenters. The minimum Gasteiger partial charge on any atom is -0.466 e. The zero-order valence-corrected chi connectivity index (χ0v) is 27.0. The van der Waals surface area contributed by atoms with Crippen LogP contribution in [-0.4, -0.2) is 50.4 Å². The van der Waals surface area contributed by atoms with Gasteiger partial charge in [-0.25, -0.2) is 14.4 Å². The molecule has 2 aromatic carbocycles. The number of esters is 2. The van der Waals surface area contributed by atoms with E-state index in [4.69, 9.17) is 19.9 Å². The summed E-state index contributed by atoms with van der Waals surface area (Å²) in [5.41, 5.74) is 7.60. The number of nitrogens with zero attached hydrogens (tertiary/aromatic N) is 2. The average Bonchev–Trinajstić information content (AvgIpc) is 3.05. The summed E-state index contributed by atoms with van der Waals surface area (Å²) in [6.07, 6.45) is 7.22. The van der Waals surface area contributed by atoms with Gasteiger partial charge in [0.25, 0.3) is 0 Å². The van der Waals surface area contributed by atoms with E-state index in [1.54, 1.807) is 54.6 Å². The van der Waals surface area contributed by atoms with E-state index >= 15 is 0 Å². The van der Waals surface area contributed by atoms with E-state index in [9.17, 15) is 19.6 Å². The lowest BCUT2D eigenvalue weighted by Gasteiger charge is -2.57. The second kappa shape index (κ2) is 13.1. The summed E-state index contributed by atoms with van der Waals surface area (Å²) in [7, 11) is 2.39. The van der Waals surface area contributed by atoms with Crippen LogP contribution < -0.4 is 21.3 Å². The summed E-state index contributed by atoms with van der Waals surface area (Å²) in [4.78, 5) is 41.0. The van der Waals surface area contributed by atoms with Gasteiger partial charge in [-0.3, -0.25) is 4.90 Å². The number of methoxy groups -OCH3 is 2. The minimum atomic E-state index is -0.978. The van der Waals surface area contributed by atoms with E-state index in [-0.39, 0.29) is 34.4 Å². The zero-order valence-electron chi connectivity index (χ0n) is 27.0. The Labute approximate surface area is 274 Å². The Balaban J connectivity index is 1.22. The van der Waals surface area contributed by atoms with Crippen LogP contribution in [0.3, 0.4) is 0 Å². The number of benzene rings is 2. The van der Waals surface area contributed by atoms with Crippen LogP contribution >= 0.6 is 0 Å². The highest BCUT2D eigenvalue weighted by Gasteiger charge is 2.52. The first-order valence-corrected chi connectivity index (χ1v) is 16.1. The molecule has 2 atom stereocenters. The van der Waals surface area contributed by atoms with Crippen LogP contribution in [0, 0.1) is 29.1 Å². The van der Waals surface area contributed by atoms with Gasteiger partial charge < -0.3 is 30.6 Å². The second-order valence-corrected chi connectivity index (χ2v) is 13.2. The molecule has 47 heavy (non-hydrogen) atoms. The Kier molecular flexibility index (Phi) is 8.97. The molecule has 5 aliphatic rings. The molecule has 0 radical (unpaired) electrons. The van der Waals surface area contributed by atoms with Crippen LogP contribution in [0.25, 0.3) is 0 Å². The molecule has 7 rings (SSSR count). The van der Waals surface area contributed by atoms with Gasteiger partial charge in [-0.05, 0) is 87.0 Å². The molecule has 1 aliphatic heterocycles. The third kappa shape index (κ3) is 6.30. The normalized spacial score (nSPS) is 26.8. The maximum atomic E-state index is 13.4. The van der Waals surface area contributed by atoms with Crippen molar-refractivity contribution < 1.29 is 28.6 Å². The zero-order chi connectivity index (χ0) is 33.3. The van der Waals surface area contributed by atoms with E-state index in [0.29, 0.717) is 23.5 Å². The van der Waals surface area contributed by atoms with Crippen LogP contribution in [0.5, 0.6) is 0 Å². The number of ether oxygens (including phenoxy) is 3. The van der Waals surface area contributed by atoms with Crippen molar-refractivity contribution in [2.45, 2.75) is 63.1 Å². The number of carbonyl (C=O) groups is 3. The van der Waals surface area contributed by atoms with Gasteiger partial charge in [0, 0.05) is 17.9 Å². The number of urea groups is 1. The molecule has 4 N–H and O–H groups in total. The Morgan fingerprint density at radius 3 is 2.21 bits per heavy atom. The Morgan fingerprint density at radius 2 is 1.62 bits per heavy atom. The van der Waals surface area contributed by atoms with Gasteiger partial charge in [0.15, 0.2) is 0 Å². The van der Waals surface area contributed by atoms with Crippen LogP contribution in [-0.2, 0) is 23.8 Å². The molecule has 246 valence electrons. The lowest BCUT2D eigenvalue weighted by molar-refractivity contribution is -0.182. The fraction of sp³-hybridized carbons (Fsp3) is 0.444. The van der Waals surface area contributed by atoms with E-state index in [1.807, 2.05) is 6.92 Å². The van der Waals surface area contributed by atoms with E-state index < -0.39 is 23.9 Å². The number of allylic oxidation sites excluding steroid dienone is 1. The lowest BCUT2D eigenvalue weighted by Crippen LogP contribution is -2.54. The summed E-state index contributed by atoms with van der Waals surface area (Å²) in [6.45, 7) is 2.35. The van der Waals surface area contributed by atoms with E-state index in [2.05, 4.69) is 16.7 Å². The Morgan fingerprint density at radius 1 is 0.979 bits per heavy atom. The van der Waals surface area contributed by atoms with Crippen LogP contribution in [0.15, 0.2) is 77.3 Å². The topological polar surface area (TPSA) is 156 Å². The summed E-state index contributed by atoms with van der Waals surface area (Å²) >= 11 is 0. The van der Waals surface area contributed by atoms with Crippen LogP contribution in [0.2, 0.25) is 0 Å². The third-order valence-electron chi connectivity index (χ3n) is 9.96. The van der Waals surface area contributed by atoms with Crippen molar-refractivity contribution in [2.24, 2.45) is 23.5 Å². The van der Waals surface area contributed by atoms with Gasteiger partial charge in [0.2, 0.25) is 0 Å². The highest BCUT2D eigenvalue weighted by atomic mass is 16.5. The van der Waals surface area contributed by atoms with Gasteiger partial charge in [0.05, 0.1) is 49.1 Å². The van der Waals surface area contributed by atoms with Gasteiger partial charge in [-0.2, -0.15) is 5.26 Å².